The highest BCUT2D eigenvalue weighted by molar-refractivity contribution is 5.85. The molecule has 0 aromatic heterocycles. The van der Waals surface area contributed by atoms with E-state index < -0.39 is 0 Å². The van der Waals surface area contributed by atoms with Gasteiger partial charge in [-0.2, -0.15) is 0 Å². The normalized spacial score (nSPS) is 27.6. The van der Waals surface area contributed by atoms with E-state index in [1.165, 1.54) is 10.8 Å². The van der Waals surface area contributed by atoms with Crippen LogP contribution in [0.5, 0.6) is 0 Å². The summed E-state index contributed by atoms with van der Waals surface area (Å²) in [5.41, 5.74) is 1.14. The maximum Gasteiger partial charge on any atom is 0.185 e. The molecule has 2 aromatic rings. The van der Waals surface area contributed by atoms with Gasteiger partial charge in [0.25, 0.3) is 0 Å². The molecule has 0 saturated carbocycles. The molecule has 0 amide bonds. The Kier molecular flexibility index (Phi) is 3.54. The highest BCUT2D eigenvalue weighted by Gasteiger charge is 2.28. The Labute approximate surface area is 114 Å². The number of ether oxygens (including phenoxy) is 2. The van der Waals surface area contributed by atoms with Crippen LogP contribution < -0.4 is 0 Å². The van der Waals surface area contributed by atoms with Crippen LogP contribution in [0.2, 0.25) is 0 Å². The molecule has 3 unspecified atom stereocenters. The fraction of sp³-hybridized carbons (Fsp3) is 0.412. The summed E-state index contributed by atoms with van der Waals surface area (Å²) >= 11 is 0. The van der Waals surface area contributed by atoms with Crippen LogP contribution in [0.15, 0.2) is 42.5 Å². The van der Waals surface area contributed by atoms with Gasteiger partial charge in [-0.25, -0.2) is 0 Å². The zero-order valence-corrected chi connectivity index (χ0v) is 11.5. The summed E-state index contributed by atoms with van der Waals surface area (Å²) < 4.78 is 12.1. The van der Waals surface area contributed by atoms with E-state index in [2.05, 4.69) is 56.3 Å². The fourth-order valence-electron chi connectivity index (χ4n) is 2.76. The van der Waals surface area contributed by atoms with Crippen molar-refractivity contribution in [2.24, 2.45) is 0 Å². The molecule has 0 bridgehead atoms. The summed E-state index contributed by atoms with van der Waals surface area (Å²) in [6, 6.07) is 14.7. The lowest BCUT2D eigenvalue weighted by molar-refractivity contribution is -0.243. The number of hydrogen-bond acceptors (Lipinski definition) is 2. The third-order valence-corrected chi connectivity index (χ3v) is 3.80. The van der Waals surface area contributed by atoms with Crippen molar-refractivity contribution in [3.63, 3.8) is 0 Å². The zero-order chi connectivity index (χ0) is 13.2. The van der Waals surface area contributed by atoms with Crippen molar-refractivity contribution in [2.45, 2.75) is 45.2 Å². The second kappa shape index (κ2) is 5.32. The van der Waals surface area contributed by atoms with Gasteiger partial charge in [-0.3, -0.25) is 0 Å². The predicted octanol–water partition coefficient (Wildman–Crippen LogP) is 4.44. The largest absolute Gasteiger partial charge is 0.345 e. The van der Waals surface area contributed by atoms with Gasteiger partial charge in [-0.05, 0) is 30.5 Å². The first-order chi connectivity index (χ1) is 9.28. The Bertz CT molecular complexity index is 559. The third-order valence-electron chi connectivity index (χ3n) is 3.80. The van der Waals surface area contributed by atoms with E-state index in [0.717, 1.165) is 18.4 Å². The van der Waals surface area contributed by atoms with Crippen LogP contribution in [0.1, 0.15) is 38.5 Å². The second-order valence-electron chi connectivity index (χ2n) is 5.25. The molecule has 0 spiro atoms. The Morgan fingerprint density at radius 3 is 2.68 bits per heavy atom. The molecule has 1 saturated heterocycles. The van der Waals surface area contributed by atoms with Crippen LogP contribution in [0.25, 0.3) is 10.8 Å². The van der Waals surface area contributed by atoms with Gasteiger partial charge in [0.15, 0.2) is 6.29 Å². The van der Waals surface area contributed by atoms with E-state index >= 15 is 0 Å². The maximum absolute atomic E-state index is 6.08. The monoisotopic (exact) mass is 256 g/mol. The lowest BCUT2D eigenvalue weighted by Crippen LogP contribution is -2.31. The summed E-state index contributed by atoms with van der Waals surface area (Å²) in [5.74, 6) is 0. The first kappa shape index (κ1) is 12.6. The summed E-state index contributed by atoms with van der Waals surface area (Å²) in [4.78, 5) is 0. The molecular formula is C17H20O2. The standard InChI is InChI=1S/C17H20O2/c1-3-14-11-12(2)18-17(19-14)16-10-6-8-13-7-4-5-9-15(13)16/h4-10,12,14,17H,3,11H2,1-2H3. The first-order valence-electron chi connectivity index (χ1n) is 7.06. The van der Waals surface area contributed by atoms with E-state index in [1.54, 1.807) is 0 Å². The molecule has 0 radical (unpaired) electrons. The number of rotatable bonds is 2. The summed E-state index contributed by atoms with van der Waals surface area (Å²) in [5, 5.41) is 2.46. The molecule has 2 heteroatoms. The molecule has 0 N–H and O–H groups in total. The number of benzene rings is 2. The van der Waals surface area contributed by atoms with Crippen LogP contribution in [0.4, 0.5) is 0 Å². The van der Waals surface area contributed by atoms with E-state index in [0.29, 0.717) is 6.10 Å². The minimum atomic E-state index is -0.236. The quantitative estimate of drug-likeness (QED) is 0.790. The minimum Gasteiger partial charge on any atom is -0.345 e. The maximum atomic E-state index is 6.08. The van der Waals surface area contributed by atoms with Gasteiger partial charge < -0.3 is 9.47 Å². The van der Waals surface area contributed by atoms with Crippen molar-refractivity contribution in [1.29, 1.82) is 0 Å². The van der Waals surface area contributed by atoms with E-state index in [4.69, 9.17) is 9.47 Å². The molecule has 1 heterocycles. The van der Waals surface area contributed by atoms with Crippen molar-refractivity contribution >= 4 is 10.8 Å². The Balaban J connectivity index is 1.99. The van der Waals surface area contributed by atoms with Gasteiger partial charge in [0.2, 0.25) is 0 Å². The topological polar surface area (TPSA) is 18.5 Å². The van der Waals surface area contributed by atoms with Gasteiger partial charge in [0, 0.05) is 5.56 Å². The van der Waals surface area contributed by atoms with Crippen molar-refractivity contribution in [3.8, 4) is 0 Å². The van der Waals surface area contributed by atoms with Gasteiger partial charge in [-0.15, -0.1) is 0 Å². The van der Waals surface area contributed by atoms with Crippen molar-refractivity contribution in [3.05, 3.63) is 48.0 Å². The lowest BCUT2D eigenvalue weighted by atomic mass is 10.0. The zero-order valence-electron chi connectivity index (χ0n) is 11.5. The van der Waals surface area contributed by atoms with Crippen molar-refractivity contribution < 1.29 is 9.47 Å². The number of hydrogen-bond donors (Lipinski definition) is 0. The average molecular weight is 256 g/mol. The molecule has 3 atom stereocenters. The highest BCUT2D eigenvalue weighted by atomic mass is 16.7. The molecule has 1 aliphatic rings. The van der Waals surface area contributed by atoms with E-state index in [1.807, 2.05) is 0 Å². The van der Waals surface area contributed by atoms with Crippen LogP contribution in [-0.2, 0) is 9.47 Å². The first-order valence-corrected chi connectivity index (χ1v) is 7.06. The van der Waals surface area contributed by atoms with Crippen molar-refractivity contribution in [2.75, 3.05) is 0 Å². The molecule has 100 valence electrons. The Hall–Kier alpha value is -1.38. The highest BCUT2D eigenvalue weighted by Crippen LogP contribution is 2.34. The second-order valence-corrected chi connectivity index (χ2v) is 5.25. The van der Waals surface area contributed by atoms with Crippen LogP contribution in [-0.4, -0.2) is 12.2 Å². The van der Waals surface area contributed by atoms with Gasteiger partial charge in [0.1, 0.15) is 0 Å². The van der Waals surface area contributed by atoms with Crippen LogP contribution in [0.3, 0.4) is 0 Å². The van der Waals surface area contributed by atoms with Crippen LogP contribution >= 0.6 is 0 Å². The summed E-state index contributed by atoms with van der Waals surface area (Å²) in [6.45, 7) is 4.30. The molecule has 2 nitrogen and oxygen atoms in total. The predicted molar refractivity (Wildman–Crippen MR) is 77.0 cm³/mol. The Morgan fingerprint density at radius 1 is 1.05 bits per heavy atom. The summed E-state index contributed by atoms with van der Waals surface area (Å²) in [6.07, 6.45) is 2.34. The van der Waals surface area contributed by atoms with E-state index in [-0.39, 0.29) is 12.4 Å². The van der Waals surface area contributed by atoms with Gasteiger partial charge >= 0.3 is 0 Å². The third kappa shape index (κ3) is 2.51. The minimum absolute atomic E-state index is 0.236. The molecular weight excluding hydrogens is 236 g/mol. The van der Waals surface area contributed by atoms with Gasteiger partial charge in [0.05, 0.1) is 12.2 Å². The average Bonchev–Trinajstić information content (AvgIpc) is 2.46. The molecule has 1 fully saturated rings. The van der Waals surface area contributed by atoms with Crippen LogP contribution in [0, 0.1) is 0 Å². The molecule has 1 aliphatic heterocycles. The SMILES string of the molecule is CCC1CC(C)OC(c2cccc3ccccc23)O1. The smallest absolute Gasteiger partial charge is 0.185 e. The summed E-state index contributed by atoms with van der Waals surface area (Å²) in [7, 11) is 0. The molecule has 0 aliphatic carbocycles. The number of fused-ring (bicyclic) bond motifs is 1. The molecule has 2 aromatic carbocycles. The van der Waals surface area contributed by atoms with Gasteiger partial charge in [-0.1, -0.05) is 49.4 Å². The van der Waals surface area contributed by atoms with E-state index in [9.17, 15) is 0 Å². The molecule has 3 rings (SSSR count). The molecule has 19 heavy (non-hydrogen) atoms. The van der Waals surface area contributed by atoms with Crippen molar-refractivity contribution in [1.82, 2.24) is 0 Å². The fourth-order valence-corrected chi connectivity index (χ4v) is 2.76. The Morgan fingerprint density at radius 2 is 1.84 bits per heavy atom. The lowest BCUT2D eigenvalue weighted by Gasteiger charge is -2.34.